The van der Waals surface area contributed by atoms with Crippen LogP contribution in [0.2, 0.25) is 0 Å². The largest absolute Gasteiger partial charge is 0.481 e. The van der Waals surface area contributed by atoms with Gasteiger partial charge in [0.1, 0.15) is 6.10 Å². The lowest BCUT2D eigenvalue weighted by Gasteiger charge is -2.33. The van der Waals surface area contributed by atoms with E-state index >= 15 is 0 Å². The van der Waals surface area contributed by atoms with E-state index in [1.165, 1.54) is 0 Å². The monoisotopic (exact) mass is 201 g/mol. The highest BCUT2D eigenvalue weighted by atomic mass is 16.6. The molecule has 1 unspecified atom stereocenters. The van der Waals surface area contributed by atoms with Crippen molar-refractivity contribution in [2.24, 2.45) is 0 Å². The number of carbonyl (C=O) groups is 2. The molecule has 80 valence electrons. The summed E-state index contributed by atoms with van der Waals surface area (Å²) in [5.41, 5.74) is 0. The standard InChI is InChI=1S/C9H15NO4/c1-6(2)10-4-3-7(5-8(11)12)14-9(10)13/h6-7H,3-5H2,1-2H3,(H,11,12). The highest BCUT2D eigenvalue weighted by molar-refractivity contribution is 5.71. The van der Waals surface area contributed by atoms with Gasteiger partial charge in [-0.15, -0.1) is 0 Å². The van der Waals surface area contributed by atoms with Crippen LogP contribution in [0.3, 0.4) is 0 Å². The maximum absolute atomic E-state index is 11.3. The SMILES string of the molecule is CC(C)N1CCC(CC(=O)O)OC1=O. The molecule has 0 aromatic heterocycles. The number of amides is 1. The topological polar surface area (TPSA) is 66.8 Å². The summed E-state index contributed by atoms with van der Waals surface area (Å²) in [4.78, 5) is 23.3. The summed E-state index contributed by atoms with van der Waals surface area (Å²) < 4.78 is 4.98. The molecule has 1 aliphatic heterocycles. The number of aliphatic carboxylic acids is 1. The van der Waals surface area contributed by atoms with Gasteiger partial charge < -0.3 is 14.7 Å². The third-order valence-electron chi connectivity index (χ3n) is 2.22. The first-order chi connectivity index (χ1) is 6.50. The van der Waals surface area contributed by atoms with E-state index in [1.54, 1.807) is 4.90 Å². The molecule has 1 saturated heterocycles. The Bertz CT molecular complexity index is 239. The predicted molar refractivity (Wildman–Crippen MR) is 49.0 cm³/mol. The Labute approximate surface area is 82.6 Å². The van der Waals surface area contributed by atoms with Crippen LogP contribution < -0.4 is 0 Å². The van der Waals surface area contributed by atoms with Crippen molar-refractivity contribution in [2.45, 2.75) is 38.8 Å². The van der Waals surface area contributed by atoms with Crippen LogP contribution in [0.1, 0.15) is 26.7 Å². The maximum Gasteiger partial charge on any atom is 0.410 e. The van der Waals surface area contributed by atoms with E-state index in [0.29, 0.717) is 13.0 Å². The van der Waals surface area contributed by atoms with E-state index < -0.39 is 18.2 Å². The van der Waals surface area contributed by atoms with Crippen LogP contribution in [0.4, 0.5) is 4.79 Å². The van der Waals surface area contributed by atoms with E-state index in [4.69, 9.17) is 9.84 Å². The molecule has 1 heterocycles. The number of carbonyl (C=O) groups excluding carboxylic acids is 1. The third kappa shape index (κ3) is 2.61. The van der Waals surface area contributed by atoms with Crippen LogP contribution in [-0.4, -0.2) is 40.8 Å². The molecule has 0 aromatic carbocycles. The van der Waals surface area contributed by atoms with Gasteiger partial charge in [-0.05, 0) is 13.8 Å². The number of rotatable bonds is 3. The van der Waals surface area contributed by atoms with Gasteiger partial charge >= 0.3 is 12.1 Å². The van der Waals surface area contributed by atoms with Crippen LogP contribution in [-0.2, 0) is 9.53 Å². The van der Waals surface area contributed by atoms with E-state index in [0.717, 1.165) is 0 Å². The lowest BCUT2D eigenvalue weighted by molar-refractivity contribution is -0.139. The predicted octanol–water partition coefficient (Wildman–Crippen LogP) is 1.08. The minimum atomic E-state index is -0.930. The van der Waals surface area contributed by atoms with Gasteiger partial charge in [0.25, 0.3) is 0 Å². The molecule has 1 amide bonds. The van der Waals surface area contributed by atoms with E-state index in [1.807, 2.05) is 13.8 Å². The quantitative estimate of drug-likeness (QED) is 0.742. The summed E-state index contributed by atoms with van der Waals surface area (Å²) in [6.07, 6.45) is -0.374. The van der Waals surface area contributed by atoms with Gasteiger partial charge in [-0.25, -0.2) is 4.79 Å². The second-order valence-corrected chi connectivity index (χ2v) is 3.68. The van der Waals surface area contributed by atoms with Crippen LogP contribution in [0.5, 0.6) is 0 Å². The van der Waals surface area contributed by atoms with Gasteiger partial charge in [-0.3, -0.25) is 4.79 Å². The minimum Gasteiger partial charge on any atom is -0.481 e. The Morgan fingerprint density at radius 3 is 2.79 bits per heavy atom. The average Bonchev–Trinajstić information content (AvgIpc) is 2.01. The maximum atomic E-state index is 11.3. The number of hydrogen-bond acceptors (Lipinski definition) is 3. The van der Waals surface area contributed by atoms with E-state index in [-0.39, 0.29) is 12.5 Å². The summed E-state index contributed by atoms with van der Waals surface area (Å²) in [5, 5.41) is 8.52. The minimum absolute atomic E-state index is 0.0995. The Kier molecular flexibility index (Phi) is 3.33. The lowest BCUT2D eigenvalue weighted by Crippen LogP contribution is -2.45. The molecule has 1 fully saturated rings. The van der Waals surface area contributed by atoms with Crippen molar-refractivity contribution in [3.63, 3.8) is 0 Å². The molecule has 1 atom stereocenters. The van der Waals surface area contributed by atoms with Gasteiger partial charge in [0.2, 0.25) is 0 Å². The zero-order valence-electron chi connectivity index (χ0n) is 8.40. The fourth-order valence-corrected chi connectivity index (χ4v) is 1.45. The molecular formula is C9H15NO4. The van der Waals surface area contributed by atoms with Gasteiger partial charge in [0.05, 0.1) is 6.42 Å². The normalized spacial score (nSPS) is 22.4. The van der Waals surface area contributed by atoms with Gasteiger partial charge in [-0.2, -0.15) is 0 Å². The smallest absolute Gasteiger partial charge is 0.410 e. The molecule has 14 heavy (non-hydrogen) atoms. The molecular weight excluding hydrogens is 186 g/mol. The Morgan fingerprint density at radius 1 is 1.71 bits per heavy atom. The summed E-state index contributed by atoms with van der Waals surface area (Å²) in [6.45, 7) is 4.38. The van der Waals surface area contributed by atoms with Crippen molar-refractivity contribution in [1.82, 2.24) is 4.90 Å². The van der Waals surface area contributed by atoms with Crippen molar-refractivity contribution in [3.05, 3.63) is 0 Å². The molecule has 5 heteroatoms. The lowest BCUT2D eigenvalue weighted by atomic mass is 10.1. The summed E-state index contributed by atoms with van der Waals surface area (Å²) in [6, 6.07) is 0.105. The highest BCUT2D eigenvalue weighted by Crippen LogP contribution is 2.16. The number of cyclic esters (lactones) is 1. The van der Waals surface area contributed by atoms with Crippen LogP contribution >= 0.6 is 0 Å². The molecule has 1 rings (SSSR count). The molecule has 1 aliphatic rings. The first-order valence-electron chi connectivity index (χ1n) is 4.69. The summed E-state index contributed by atoms with van der Waals surface area (Å²) >= 11 is 0. The fourth-order valence-electron chi connectivity index (χ4n) is 1.45. The molecule has 0 saturated carbocycles. The summed E-state index contributed by atoms with van der Waals surface area (Å²) in [5.74, 6) is -0.930. The van der Waals surface area contributed by atoms with Crippen molar-refractivity contribution in [1.29, 1.82) is 0 Å². The van der Waals surface area contributed by atoms with Gasteiger partial charge in [0, 0.05) is 19.0 Å². The van der Waals surface area contributed by atoms with Crippen molar-refractivity contribution in [3.8, 4) is 0 Å². The second kappa shape index (κ2) is 4.30. The van der Waals surface area contributed by atoms with Crippen molar-refractivity contribution in [2.75, 3.05) is 6.54 Å². The van der Waals surface area contributed by atoms with Gasteiger partial charge in [0.15, 0.2) is 0 Å². The Balaban J connectivity index is 2.47. The zero-order chi connectivity index (χ0) is 10.7. The first-order valence-corrected chi connectivity index (χ1v) is 4.69. The van der Waals surface area contributed by atoms with Crippen LogP contribution in [0.15, 0.2) is 0 Å². The number of nitrogens with zero attached hydrogens (tertiary/aromatic N) is 1. The fraction of sp³-hybridized carbons (Fsp3) is 0.778. The number of ether oxygens (including phenoxy) is 1. The third-order valence-corrected chi connectivity index (χ3v) is 2.22. The molecule has 0 aromatic rings. The Morgan fingerprint density at radius 2 is 2.36 bits per heavy atom. The number of hydrogen-bond donors (Lipinski definition) is 1. The number of carboxylic acid groups (broad SMARTS) is 1. The summed E-state index contributed by atoms with van der Waals surface area (Å²) in [7, 11) is 0. The molecule has 0 aliphatic carbocycles. The molecule has 0 radical (unpaired) electrons. The van der Waals surface area contributed by atoms with Crippen molar-refractivity contribution < 1.29 is 19.4 Å². The van der Waals surface area contributed by atoms with E-state index in [2.05, 4.69) is 0 Å². The average molecular weight is 201 g/mol. The zero-order valence-corrected chi connectivity index (χ0v) is 8.40. The van der Waals surface area contributed by atoms with E-state index in [9.17, 15) is 9.59 Å². The molecule has 0 spiro atoms. The Hall–Kier alpha value is -1.26. The molecule has 0 bridgehead atoms. The number of carboxylic acids is 1. The second-order valence-electron chi connectivity index (χ2n) is 3.68. The highest BCUT2D eigenvalue weighted by Gasteiger charge is 2.29. The molecule has 1 N–H and O–H groups in total. The van der Waals surface area contributed by atoms with Crippen LogP contribution in [0, 0.1) is 0 Å². The first kappa shape index (κ1) is 10.8. The molecule has 5 nitrogen and oxygen atoms in total. The van der Waals surface area contributed by atoms with Crippen molar-refractivity contribution >= 4 is 12.1 Å². The van der Waals surface area contributed by atoms with Crippen LogP contribution in [0.25, 0.3) is 0 Å². The van der Waals surface area contributed by atoms with Gasteiger partial charge in [-0.1, -0.05) is 0 Å².